The van der Waals surface area contributed by atoms with Crippen molar-refractivity contribution in [1.82, 2.24) is 14.9 Å². The molecule has 0 aromatic carbocycles. The first kappa shape index (κ1) is 20.0. The van der Waals surface area contributed by atoms with E-state index in [-0.39, 0.29) is 29.8 Å². The van der Waals surface area contributed by atoms with Crippen LogP contribution < -0.4 is 5.32 Å². The van der Waals surface area contributed by atoms with E-state index in [1.165, 1.54) is 0 Å². The van der Waals surface area contributed by atoms with Crippen LogP contribution in [0.25, 0.3) is 0 Å². The van der Waals surface area contributed by atoms with Crippen LogP contribution in [0.4, 0.5) is 5.82 Å². The van der Waals surface area contributed by atoms with E-state index in [0.717, 1.165) is 22.9 Å². The van der Waals surface area contributed by atoms with Crippen LogP contribution in [0.15, 0.2) is 47.3 Å². The number of amides is 2. The number of nitrogens with zero attached hydrogens (tertiary/aromatic N) is 3. The van der Waals surface area contributed by atoms with Crippen molar-refractivity contribution in [2.75, 3.05) is 25.0 Å². The Bertz CT molecular complexity index is 862. The van der Waals surface area contributed by atoms with Crippen LogP contribution in [0.3, 0.4) is 0 Å². The number of rotatable bonds is 4. The third-order valence-corrected chi connectivity index (χ3v) is 5.97. The van der Waals surface area contributed by atoms with E-state index >= 15 is 0 Å². The standard InChI is InChI=1S/C21H23BrN4O3/c22-16-5-6-18(24-12-16)25-20(27)15-4-2-9-26(13-15)21(28)17-7-10-29-19(17)14-3-1-8-23-11-14/h1,3,5-6,8,11-12,15,17,19H,2,4,7,9-10,13H2,(H,24,25,27)/t15?,17-,19+/m1/s1. The number of nitrogens with one attached hydrogen (secondary N) is 1. The zero-order valence-corrected chi connectivity index (χ0v) is 17.5. The lowest BCUT2D eigenvalue weighted by molar-refractivity contribution is -0.140. The maximum absolute atomic E-state index is 13.2. The summed E-state index contributed by atoms with van der Waals surface area (Å²) in [5, 5.41) is 2.86. The van der Waals surface area contributed by atoms with E-state index in [1.54, 1.807) is 24.7 Å². The lowest BCUT2D eigenvalue weighted by Crippen LogP contribution is -2.46. The summed E-state index contributed by atoms with van der Waals surface area (Å²) in [5.41, 5.74) is 0.927. The largest absolute Gasteiger partial charge is 0.373 e. The van der Waals surface area contributed by atoms with Crippen molar-refractivity contribution in [3.05, 3.63) is 52.9 Å². The summed E-state index contributed by atoms with van der Waals surface area (Å²) in [6, 6.07) is 7.39. The highest BCUT2D eigenvalue weighted by molar-refractivity contribution is 9.10. The Hall–Kier alpha value is -2.32. The molecule has 2 amide bonds. The second-order valence-corrected chi connectivity index (χ2v) is 8.36. The Morgan fingerprint density at radius 1 is 1.21 bits per heavy atom. The predicted octanol–water partition coefficient (Wildman–Crippen LogP) is 3.19. The fourth-order valence-electron chi connectivity index (χ4n) is 4.02. The van der Waals surface area contributed by atoms with Crippen LogP contribution in [-0.2, 0) is 14.3 Å². The van der Waals surface area contributed by atoms with Crippen molar-refractivity contribution in [1.29, 1.82) is 0 Å². The summed E-state index contributed by atoms with van der Waals surface area (Å²) in [6.07, 6.45) is 7.11. The number of hydrogen-bond acceptors (Lipinski definition) is 5. The van der Waals surface area contributed by atoms with Crippen molar-refractivity contribution < 1.29 is 14.3 Å². The Morgan fingerprint density at radius 3 is 2.86 bits per heavy atom. The number of carbonyl (C=O) groups excluding carboxylic acids is 2. The molecule has 0 aliphatic carbocycles. The molecule has 2 aliphatic heterocycles. The van der Waals surface area contributed by atoms with Gasteiger partial charge in [0.1, 0.15) is 5.82 Å². The van der Waals surface area contributed by atoms with E-state index in [4.69, 9.17) is 4.74 Å². The Kier molecular flexibility index (Phi) is 6.20. The number of ether oxygens (including phenoxy) is 1. The highest BCUT2D eigenvalue weighted by Gasteiger charge is 2.39. The van der Waals surface area contributed by atoms with Crippen molar-refractivity contribution >= 4 is 33.6 Å². The number of anilines is 1. The van der Waals surface area contributed by atoms with E-state index in [0.29, 0.717) is 31.9 Å². The maximum Gasteiger partial charge on any atom is 0.230 e. The van der Waals surface area contributed by atoms with Gasteiger partial charge >= 0.3 is 0 Å². The molecular weight excluding hydrogens is 436 g/mol. The molecule has 3 atom stereocenters. The molecule has 8 heteroatoms. The van der Waals surface area contributed by atoms with Crippen molar-refractivity contribution in [2.24, 2.45) is 11.8 Å². The molecule has 4 rings (SSSR count). The summed E-state index contributed by atoms with van der Waals surface area (Å²) < 4.78 is 6.70. The third-order valence-electron chi connectivity index (χ3n) is 5.50. The normalized spacial score (nSPS) is 24.3. The first-order valence-corrected chi connectivity index (χ1v) is 10.6. The molecule has 2 saturated heterocycles. The molecule has 1 N–H and O–H groups in total. The summed E-state index contributed by atoms with van der Waals surface area (Å²) in [4.78, 5) is 36.1. The number of halogens is 1. The summed E-state index contributed by atoms with van der Waals surface area (Å²) in [5.74, 6) is 0.0216. The molecule has 152 valence electrons. The molecule has 0 saturated carbocycles. The van der Waals surface area contributed by atoms with Crippen LogP contribution in [0, 0.1) is 11.8 Å². The zero-order valence-electron chi connectivity index (χ0n) is 16.0. The first-order valence-electron chi connectivity index (χ1n) is 9.84. The van der Waals surface area contributed by atoms with Crippen LogP contribution >= 0.6 is 15.9 Å². The van der Waals surface area contributed by atoms with E-state index in [1.807, 2.05) is 23.1 Å². The molecule has 4 heterocycles. The van der Waals surface area contributed by atoms with Gasteiger partial charge in [0.15, 0.2) is 0 Å². The molecule has 2 fully saturated rings. The van der Waals surface area contributed by atoms with Crippen LogP contribution in [0.2, 0.25) is 0 Å². The summed E-state index contributed by atoms with van der Waals surface area (Å²) >= 11 is 3.33. The fraction of sp³-hybridized carbons (Fsp3) is 0.429. The molecule has 2 aliphatic rings. The van der Waals surface area contributed by atoms with Gasteiger partial charge in [-0.1, -0.05) is 6.07 Å². The van der Waals surface area contributed by atoms with E-state index < -0.39 is 0 Å². The summed E-state index contributed by atoms with van der Waals surface area (Å²) in [7, 11) is 0. The Balaban J connectivity index is 1.40. The monoisotopic (exact) mass is 458 g/mol. The molecule has 2 aromatic rings. The number of likely N-dealkylation sites (tertiary alicyclic amines) is 1. The van der Waals surface area contributed by atoms with Gasteiger partial charge in [0.25, 0.3) is 0 Å². The van der Waals surface area contributed by atoms with Gasteiger partial charge in [-0.3, -0.25) is 14.6 Å². The second kappa shape index (κ2) is 9.00. The van der Waals surface area contributed by atoms with Gasteiger partial charge in [-0.15, -0.1) is 0 Å². The Labute approximate surface area is 178 Å². The van der Waals surface area contributed by atoms with Crippen molar-refractivity contribution in [3.63, 3.8) is 0 Å². The van der Waals surface area contributed by atoms with E-state index in [9.17, 15) is 9.59 Å². The number of aromatic nitrogens is 2. The maximum atomic E-state index is 13.2. The average molecular weight is 459 g/mol. The van der Waals surface area contributed by atoms with E-state index in [2.05, 4.69) is 31.2 Å². The van der Waals surface area contributed by atoms with Gasteiger partial charge in [0.05, 0.1) is 17.9 Å². The number of piperidine rings is 1. The minimum atomic E-state index is -0.266. The highest BCUT2D eigenvalue weighted by atomic mass is 79.9. The van der Waals surface area contributed by atoms with Gasteiger partial charge in [-0.05, 0) is 59.0 Å². The third kappa shape index (κ3) is 4.64. The summed E-state index contributed by atoms with van der Waals surface area (Å²) in [6.45, 7) is 1.66. The Morgan fingerprint density at radius 2 is 2.10 bits per heavy atom. The molecule has 0 radical (unpaired) electrons. The first-order chi connectivity index (χ1) is 14.1. The quantitative estimate of drug-likeness (QED) is 0.760. The lowest BCUT2D eigenvalue weighted by Gasteiger charge is -2.34. The fourth-order valence-corrected chi connectivity index (χ4v) is 4.25. The zero-order chi connectivity index (χ0) is 20.2. The lowest BCUT2D eigenvalue weighted by atomic mass is 9.91. The number of carbonyl (C=O) groups is 2. The number of pyridine rings is 2. The van der Waals surface area contributed by atoms with Gasteiger partial charge in [-0.2, -0.15) is 0 Å². The molecule has 0 spiro atoms. The predicted molar refractivity (Wildman–Crippen MR) is 111 cm³/mol. The van der Waals surface area contributed by atoms with Gasteiger partial charge in [0, 0.05) is 42.8 Å². The molecular formula is C21H23BrN4O3. The van der Waals surface area contributed by atoms with Crippen LogP contribution in [0.5, 0.6) is 0 Å². The SMILES string of the molecule is O=C(Nc1ccc(Br)cn1)C1CCCN(C(=O)[C@@H]2CCO[C@H]2c2cccnc2)C1. The molecule has 0 bridgehead atoms. The number of hydrogen-bond donors (Lipinski definition) is 1. The molecule has 29 heavy (non-hydrogen) atoms. The minimum absolute atomic E-state index is 0.0654. The van der Waals surface area contributed by atoms with Crippen LogP contribution in [0.1, 0.15) is 30.9 Å². The van der Waals surface area contributed by atoms with Crippen LogP contribution in [-0.4, -0.2) is 46.4 Å². The van der Waals surface area contributed by atoms with Gasteiger partial charge in [0.2, 0.25) is 11.8 Å². The molecule has 7 nitrogen and oxygen atoms in total. The molecule has 1 unspecified atom stereocenters. The van der Waals surface area contributed by atoms with Gasteiger partial charge < -0.3 is 15.0 Å². The highest BCUT2D eigenvalue weighted by Crippen LogP contribution is 2.36. The smallest absolute Gasteiger partial charge is 0.230 e. The van der Waals surface area contributed by atoms with Crippen molar-refractivity contribution in [2.45, 2.75) is 25.4 Å². The second-order valence-electron chi connectivity index (χ2n) is 7.45. The minimum Gasteiger partial charge on any atom is -0.373 e. The van der Waals surface area contributed by atoms with Crippen molar-refractivity contribution in [3.8, 4) is 0 Å². The average Bonchev–Trinajstić information content (AvgIpc) is 3.25. The topological polar surface area (TPSA) is 84.4 Å². The molecule has 2 aromatic heterocycles. The van der Waals surface area contributed by atoms with Gasteiger partial charge in [-0.25, -0.2) is 4.98 Å².